The van der Waals surface area contributed by atoms with Gasteiger partial charge in [0.15, 0.2) is 11.6 Å². The molecule has 2 fully saturated rings. The summed E-state index contributed by atoms with van der Waals surface area (Å²) in [7, 11) is 0. The van der Waals surface area contributed by atoms with Gasteiger partial charge in [-0.3, -0.25) is 9.59 Å². The number of hydrogen-bond acceptors (Lipinski definition) is 5. The molecule has 1 saturated carbocycles. The SMILES string of the molecule is C=CC(=O)N1CC2(CC(n3nc(-c4ccc(OCCC)c(F)c4)c(C(N)=O)c3N)C2)C1. The molecule has 0 bridgehead atoms. The molecular formula is C22H26FN5O3. The molecule has 0 radical (unpaired) electrons. The summed E-state index contributed by atoms with van der Waals surface area (Å²) in [5.74, 6) is -1.01. The lowest BCUT2D eigenvalue weighted by molar-refractivity contribution is -0.148. The zero-order valence-electron chi connectivity index (χ0n) is 17.4. The molecule has 8 nitrogen and oxygen atoms in total. The van der Waals surface area contributed by atoms with E-state index in [1.165, 1.54) is 18.2 Å². The van der Waals surface area contributed by atoms with Crippen LogP contribution >= 0.6 is 0 Å². The van der Waals surface area contributed by atoms with Gasteiger partial charge in [-0.25, -0.2) is 9.07 Å². The van der Waals surface area contributed by atoms with Crippen LogP contribution in [0.15, 0.2) is 30.9 Å². The highest BCUT2D eigenvalue weighted by molar-refractivity contribution is 6.03. The van der Waals surface area contributed by atoms with Gasteiger partial charge >= 0.3 is 0 Å². The van der Waals surface area contributed by atoms with Crippen molar-refractivity contribution in [2.45, 2.75) is 32.2 Å². The summed E-state index contributed by atoms with van der Waals surface area (Å²) >= 11 is 0. The molecule has 2 aromatic rings. The number of ether oxygens (including phenoxy) is 1. The third kappa shape index (κ3) is 3.54. The lowest BCUT2D eigenvalue weighted by Crippen LogP contribution is -2.63. The molecule has 0 unspecified atom stereocenters. The van der Waals surface area contributed by atoms with Crippen molar-refractivity contribution in [1.29, 1.82) is 0 Å². The van der Waals surface area contributed by atoms with Crippen LogP contribution in [0.2, 0.25) is 0 Å². The summed E-state index contributed by atoms with van der Waals surface area (Å²) < 4.78 is 21.5. The Morgan fingerprint density at radius 1 is 1.39 bits per heavy atom. The second-order valence-corrected chi connectivity index (χ2v) is 8.37. The number of nitrogen functional groups attached to an aromatic ring is 1. The minimum absolute atomic E-state index is 0.00941. The van der Waals surface area contributed by atoms with Crippen molar-refractivity contribution in [2.75, 3.05) is 25.4 Å². The molecule has 2 heterocycles. The molecule has 1 saturated heterocycles. The van der Waals surface area contributed by atoms with Crippen LogP contribution in [0.4, 0.5) is 10.2 Å². The quantitative estimate of drug-likeness (QED) is 0.659. The van der Waals surface area contributed by atoms with Gasteiger partial charge in [-0.2, -0.15) is 5.10 Å². The number of aromatic nitrogens is 2. The number of benzene rings is 1. The molecule has 164 valence electrons. The summed E-state index contributed by atoms with van der Waals surface area (Å²) in [5, 5.41) is 4.54. The van der Waals surface area contributed by atoms with E-state index in [0.717, 1.165) is 19.3 Å². The van der Waals surface area contributed by atoms with E-state index in [9.17, 15) is 14.0 Å². The standard InChI is InChI=1S/C22H26FN5O3/c1-3-7-31-16-6-5-13(8-15(16)23)19-18(21(25)30)20(24)28(26-19)14-9-22(10-14)11-27(12-22)17(29)4-2/h4-6,8,14H,2-3,7,9-12,24H2,1H3,(H2,25,30). The number of halogens is 1. The number of primary amides is 1. The van der Waals surface area contributed by atoms with Crippen LogP contribution in [0, 0.1) is 11.2 Å². The molecule has 1 aromatic carbocycles. The van der Waals surface area contributed by atoms with E-state index in [4.69, 9.17) is 16.2 Å². The van der Waals surface area contributed by atoms with Crippen LogP contribution < -0.4 is 16.2 Å². The first kappa shape index (κ1) is 20.9. The van der Waals surface area contributed by atoms with E-state index in [1.807, 2.05) is 6.92 Å². The second-order valence-electron chi connectivity index (χ2n) is 8.37. The minimum Gasteiger partial charge on any atom is -0.491 e. The summed E-state index contributed by atoms with van der Waals surface area (Å²) in [5.41, 5.74) is 12.6. The van der Waals surface area contributed by atoms with Crippen LogP contribution in [0.25, 0.3) is 11.3 Å². The van der Waals surface area contributed by atoms with Crippen LogP contribution in [0.3, 0.4) is 0 Å². The van der Waals surface area contributed by atoms with E-state index in [2.05, 4.69) is 11.7 Å². The smallest absolute Gasteiger partial charge is 0.254 e. The first-order valence-corrected chi connectivity index (χ1v) is 10.3. The third-order valence-electron chi connectivity index (χ3n) is 6.08. The Labute approximate surface area is 179 Å². The first-order valence-electron chi connectivity index (χ1n) is 10.3. The minimum atomic E-state index is -0.717. The van der Waals surface area contributed by atoms with Crippen molar-refractivity contribution in [1.82, 2.24) is 14.7 Å². The number of likely N-dealkylation sites (tertiary alicyclic amines) is 1. The molecule has 31 heavy (non-hydrogen) atoms. The van der Waals surface area contributed by atoms with Crippen LogP contribution in [0.5, 0.6) is 5.75 Å². The van der Waals surface area contributed by atoms with Crippen LogP contribution in [-0.4, -0.2) is 46.2 Å². The van der Waals surface area contributed by atoms with Gasteiger partial charge in [-0.05, 0) is 43.5 Å². The van der Waals surface area contributed by atoms with Crippen molar-refractivity contribution in [3.63, 3.8) is 0 Å². The molecule has 2 aliphatic rings. The summed E-state index contributed by atoms with van der Waals surface area (Å²) in [6.45, 7) is 7.21. The molecule has 9 heteroatoms. The average Bonchev–Trinajstić information content (AvgIpc) is 3.02. The van der Waals surface area contributed by atoms with Gasteiger partial charge < -0.3 is 21.1 Å². The van der Waals surface area contributed by atoms with Gasteiger partial charge in [0, 0.05) is 24.1 Å². The summed E-state index contributed by atoms with van der Waals surface area (Å²) in [6.07, 6.45) is 3.65. The van der Waals surface area contributed by atoms with E-state index in [0.29, 0.717) is 25.3 Å². The molecule has 4 rings (SSSR count). The zero-order valence-corrected chi connectivity index (χ0v) is 17.4. The Bertz CT molecular complexity index is 1050. The van der Waals surface area contributed by atoms with Gasteiger partial charge in [0.1, 0.15) is 17.1 Å². The Morgan fingerprint density at radius 2 is 2.10 bits per heavy atom. The van der Waals surface area contributed by atoms with E-state index in [1.54, 1.807) is 15.6 Å². The third-order valence-corrected chi connectivity index (χ3v) is 6.08. The maximum absolute atomic E-state index is 14.5. The fourth-order valence-electron chi connectivity index (χ4n) is 4.57. The lowest BCUT2D eigenvalue weighted by atomic mass is 9.60. The molecule has 1 aliphatic carbocycles. The van der Waals surface area contributed by atoms with Gasteiger partial charge in [-0.1, -0.05) is 13.5 Å². The Morgan fingerprint density at radius 3 is 2.68 bits per heavy atom. The highest BCUT2D eigenvalue weighted by atomic mass is 19.1. The van der Waals surface area contributed by atoms with Crippen LogP contribution in [-0.2, 0) is 4.79 Å². The molecule has 0 atom stereocenters. The largest absolute Gasteiger partial charge is 0.491 e. The van der Waals surface area contributed by atoms with E-state index >= 15 is 0 Å². The number of carbonyl (C=O) groups excluding carboxylic acids is 2. The topological polar surface area (TPSA) is 116 Å². The zero-order chi connectivity index (χ0) is 22.3. The second kappa shape index (κ2) is 7.72. The Hall–Kier alpha value is -3.36. The van der Waals surface area contributed by atoms with E-state index < -0.39 is 11.7 Å². The molecule has 1 spiro atoms. The predicted molar refractivity (Wildman–Crippen MR) is 114 cm³/mol. The number of hydrogen-bond donors (Lipinski definition) is 2. The highest BCUT2D eigenvalue weighted by Gasteiger charge is 2.54. The van der Waals surface area contributed by atoms with Crippen LogP contribution in [0.1, 0.15) is 42.6 Å². The number of carbonyl (C=O) groups is 2. The molecular weight excluding hydrogens is 401 g/mol. The maximum atomic E-state index is 14.5. The normalized spacial score (nSPS) is 17.2. The van der Waals surface area contributed by atoms with Gasteiger partial charge in [-0.15, -0.1) is 0 Å². The Balaban J connectivity index is 1.57. The molecule has 2 amide bonds. The molecule has 1 aliphatic heterocycles. The predicted octanol–water partition coefficient (Wildman–Crippen LogP) is 2.51. The fourth-order valence-corrected chi connectivity index (χ4v) is 4.57. The number of amides is 2. The molecule has 4 N–H and O–H groups in total. The Kier molecular flexibility index (Phi) is 5.20. The van der Waals surface area contributed by atoms with E-state index in [-0.39, 0.29) is 40.2 Å². The summed E-state index contributed by atoms with van der Waals surface area (Å²) in [6, 6.07) is 4.42. The van der Waals surface area contributed by atoms with Crippen molar-refractivity contribution in [3.05, 3.63) is 42.2 Å². The number of rotatable bonds is 7. The van der Waals surface area contributed by atoms with Gasteiger partial charge in [0.25, 0.3) is 5.91 Å². The maximum Gasteiger partial charge on any atom is 0.254 e. The number of anilines is 1. The number of nitrogens with two attached hydrogens (primary N) is 2. The summed E-state index contributed by atoms with van der Waals surface area (Å²) in [4.78, 5) is 25.6. The van der Waals surface area contributed by atoms with Crippen molar-refractivity contribution < 1.29 is 18.7 Å². The van der Waals surface area contributed by atoms with Crippen molar-refractivity contribution >= 4 is 17.6 Å². The first-order chi connectivity index (χ1) is 14.8. The fraction of sp³-hybridized carbons (Fsp3) is 0.409. The van der Waals surface area contributed by atoms with Gasteiger partial charge in [0.2, 0.25) is 5.91 Å². The monoisotopic (exact) mass is 427 g/mol. The average molecular weight is 427 g/mol. The molecule has 1 aromatic heterocycles. The van der Waals surface area contributed by atoms with Crippen molar-refractivity contribution in [3.8, 4) is 17.0 Å². The number of nitrogens with zero attached hydrogens (tertiary/aromatic N) is 3. The van der Waals surface area contributed by atoms with Gasteiger partial charge in [0.05, 0.1) is 12.6 Å². The van der Waals surface area contributed by atoms with Crippen molar-refractivity contribution in [2.24, 2.45) is 11.1 Å². The highest BCUT2D eigenvalue weighted by Crippen LogP contribution is 2.55. The lowest BCUT2D eigenvalue weighted by Gasteiger charge is -2.58.